The van der Waals surface area contributed by atoms with Crippen LogP contribution in [0.3, 0.4) is 0 Å². The summed E-state index contributed by atoms with van der Waals surface area (Å²) in [6.07, 6.45) is 0. The van der Waals surface area contributed by atoms with Crippen LogP contribution in [0.2, 0.25) is 38.0 Å². The van der Waals surface area contributed by atoms with Crippen LogP contribution in [0.4, 0.5) is 0 Å². The molecule has 0 N–H and O–H groups in total. The second-order valence-corrected chi connectivity index (χ2v) is 59.2. The Hall–Kier alpha value is -4.47. The predicted molar refractivity (Wildman–Crippen MR) is 305 cm³/mol. The fourth-order valence-corrected chi connectivity index (χ4v) is 36.4. The summed E-state index contributed by atoms with van der Waals surface area (Å²) in [5, 5.41) is 0. The Labute approximate surface area is 425 Å². The average Bonchev–Trinajstić information content (AvgIpc) is 3.29. The maximum atomic E-state index is 3.86. The van der Waals surface area contributed by atoms with Crippen LogP contribution >= 0.6 is 0 Å². The minimum atomic E-state index is -3.04. The van der Waals surface area contributed by atoms with Crippen molar-refractivity contribution >= 4 is 53.1 Å². The van der Waals surface area contributed by atoms with Crippen LogP contribution in [0.5, 0.6) is 0 Å². The Balaban J connectivity index is 1.68. The minimum absolute atomic E-state index is 0.409. The fourth-order valence-electron chi connectivity index (χ4n) is 9.05. The number of hydrogen-bond acceptors (Lipinski definition) is 0. The van der Waals surface area contributed by atoms with E-state index in [9.17, 15) is 0 Å². The van der Waals surface area contributed by atoms with E-state index >= 15 is 0 Å². The summed E-state index contributed by atoms with van der Waals surface area (Å²) in [6.45, 7) is 37.0. The molecule has 7 heterocycles. The Morgan fingerprint density at radius 1 is 0.191 bits per heavy atom. The predicted octanol–water partition coefficient (Wildman–Crippen LogP) is 15.0. The van der Waals surface area contributed by atoms with Gasteiger partial charge in [-0.3, -0.25) is 0 Å². The summed E-state index contributed by atoms with van der Waals surface area (Å²) in [7, 11) is 0. The van der Waals surface area contributed by atoms with Gasteiger partial charge in [0.2, 0.25) is 0 Å². The van der Waals surface area contributed by atoms with Crippen molar-refractivity contribution in [1.82, 2.24) is 0 Å². The molecule has 0 amide bonds. The van der Waals surface area contributed by atoms with Gasteiger partial charge < -0.3 is 0 Å². The van der Waals surface area contributed by atoms with Crippen molar-refractivity contribution in [3.63, 3.8) is 0 Å². The zero-order chi connectivity index (χ0) is 49.9. The number of hydrogen-bond donors (Lipinski definition) is 0. The topological polar surface area (TPSA) is 0 Å². The molecule has 11 rings (SSSR count). The zero-order valence-electron chi connectivity index (χ0n) is 43.9. The summed E-state index contributed by atoms with van der Waals surface area (Å²) >= 11 is -12.1. The molecule has 0 nitrogen and oxygen atoms in total. The zero-order valence-corrected chi connectivity index (χ0v) is 52.2. The van der Waals surface area contributed by atoms with Gasteiger partial charge in [0.25, 0.3) is 0 Å². The molecule has 0 saturated carbocycles. The Morgan fingerprint density at radius 3 is 0.353 bits per heavy atom. The second kappa shape index (κ2) is 23.9. The first-order valence-electron chi connectivity index (χ1n) is 24.8. The third-order valence-electron chi connectivity index (χ3n) is 14.1. The summed E-state index contributed by atoms with van der Waals surface area (Å²) in [5.41, 5.74) is 8.07. The Morgan fingerprint density at radius 2 is 0.279 bits per heavy atom. The first-order valence-corrected chi connectivity index (χ1v) is 42.9. The standard InChI is InChI=1S/C64H72Ge4/c1-49(2)65(50(3)4)41-33-57-17-21-59(22-18-57)35-43-66(51(5)6,52(7)8)45-37-61-25-29-63(30-26-61)39-47-68(55(13)14,56(15)16)48-40-64-31-27-62(28-32-64)38-46-67(53(9)10,54(11)12)44-36-60-23-19-58(20-24-60)34-42-65/h17-32,49-56H,1-16H3. The van der Waals surface area contributed by atoms with Gasteiger partial charge in [0, 0.05) is 0 Å². The molecule has 0 spiro atoms. The molecule has 0 saturated heterocycles. The SMILES string of the molecule is C[CH](C)[Ge]1([CH](C)C)[C]#Cc2ccc(cc2)C#[C][Ge]([CH](C)C)([CH](C)C)[C]#Cc2ccc(cc2)C#[C][Ge]([CH](C)C)([CH](C)C)[C]#Cc2ccc(cc2)C#[C][Ge]([CH](C)C)([CH](C)C)[C]#Cc2ccc(cc2)C#[C]1. The van der Waals surface area contributed by atoms with Gasteiger partial charge in [-0.15, -0.1) is 0 Å². The molecule has 4 aromatic carbocycles. The molecule has 0 fully saturated rings. The summed E-state index contributed by atoms with van der Waals surface area (Å²) in [4.78, 5) is 0. The molecular weight excluding hydrogens is 1060 g/mol. The van der Waals surface area contributed by atoms with Crippen LogP contribution in [0, 0.1) is 85.4 Å². The molecular formula is C64H72Ge4. The number of benzene rings is 4. The van der Waals surface area contributed by atoms with E-state index in [2.05, 4.69) is 293 Å². The van der Waals surface area contributed by atoms with Gasteiger partial charge in [-0.1, -0.05) is 0 Å². The van der Waals surface area contributed by atoms with Crippen molar-refractivity contribution < 1.29 is 0 Å². The molecule has 4 aromatic rings. The summed E-state index contributed by atoms with van der Waals surface area (Å²) in [6, 6.07) is 34.1. The first kappa shape index (κ1) is 54.5. The van der Waals surface area contributed by atoms with Crippen LogP contribution in [-0.4, -0.2) is 53.1 Å². The first-order chi connectivity index (χ1) is 32.2. The molecule has 0 aromatic heterocycles. The van der Waals surface area contributed by atoms with Gasteiger partial charge in [0.15, 0.2) is 0 Å². The molecule has 8 bridgehead atoms. The third kappa shape index (κ3) is 13.0. The van der Waals surface area contributed by atoms with Gasteiger partial charge in [-0.2, -0.15) is 0 Å². The van der Waals surface area contributed by atoms with E-state index in [1.165, 1.54) is 0 Å². The van der Waals surface area contributed by atoms with Crippen molar-refractivity contribution in [2.75, 3.05) is 0 Å². The summed E-state index contributed by atoms with van der Waals surface area (Å²) < 4.78 is 34.2. The van der Waals surface area contributed by atoms with Crippen LogP contribution in [0.1, 0.15) is 155 Å². The quantitative estimate of drug-likeness (QED) is 0.122. The van der Waals surface area contributed by atoms with Crippen molar-refractivity contribution in [2.45, 2.75) is 149 Å². The van der Waals surface area contributed by atoms with Gasteiger partial charge >= 0.3 is 429 Å². The number of rotatable bonds is 8. The van der Waals surface area contributed by atoms with E-state index in [1.54, 1.807) is 0 Å². The maximum absolute atomic E-state index is 3.86. The second-order valence-electron chi connectivity index (χ2n) is 21.0. The molecule has 68 heavy (non-hydrogen) atoms. The third-order valence-corrected chi connectivity index (χ3v) is 53.7. The molecule has 0 unspecified atom stereocenters. The van der Waals surface area contributed by atoms with E-state index < -0.39 is 53.1 Å². The molecule has 0 radical (unpaired) electrons. The molecule has 7 aliphatic heterocycles. The Kier molecular flexibility index (Phi) is 19.1. The average molecular weight is 1130 g/mol. The monoisotopic (exact) mass is 1140 g/mol. The summed E-state index contributed by atoms with van der Waals surface area (Å²) in [5.74, 6) is 28.9. The van der Waals surface area contributed by atoms with Crippen molar-refractivity contribution in [1.29, 1.82) is 0 Å². The van der Waals surface area contributed by atoms with E-state index in [4.69, 9.17) is 0 Å². The van der Waals surface area contributed by atoms with Crippen molar-refractivity contribution in [3.8, 4) is 85.4 Å². The molecule has 0 atom stereocenters. The van der Waals surface area contributed by atoms with E-state index in [0.29, 0.717) is 38.0 Å². The van der Waals surface area contributed by atoms with Crippen molar-refractivity contribution in [2.24, 2.45) is 0 Å². The molecule has 4 heteroatoms. The normalized spacial score (nSPS) is 15.4. The van der Waals surface area contributed by atoms with Gasteiger partial charge in [0.1, 0.15) is 0 Å². The molecule has 7 aliphatic rings. The van der Waals surface area contributed by atoms with Crippen LogP contribution < -0.4 is 0 Å². The van der Waals surface area contributed by atoms with Crippen LogP contribution in [0.15, 0.2) is 97.1 Å². The van der Waals surface area contributed by atoms with Gasteiger partial charge in [0.05, 0.1) is 0 Å². The molecule has 0 aliphatic carbocycles. The van der Waals surface area contributed by atoms with Crippen molar-refractivity contribution in [3.05, 3.63) is 142 Å². The van der Waals surface area contributed by atoms with E-state index in [1.807, 2.05) is 0 Å². The van der Waals surface area contributed by atoms with Gasteiger partial charge in [-0.05, 0) is 0 Å². The van der Waals surface area contributed by atoms with Crippen LogP contribution in [-0.2, 0) is 0 Å². The fraction of sp³-hybridized carbons (Fsp3) is 0.375. The van der Waals surface area contributed by atoms with E-state index in [-0.39, 0.29) is 0 Å². The molecule has 344 valence electrons. The van der Waals surface area contributed by atoms with E-state index in [0.717, 1.165) is 44.5 Å². The Bertz CT molecular complexity index is 2320. The van der Waals surface area contributed by atoms with Crippen LogP contribution in [0.25, 0.3) is 0 Å². The van der Waals surface area contributed by atoms with Gasteiger partial charge in [-0.25, -0.2) is 0 Å².